The lowest BCUT2D eigenvalue weighted by atomic mass is 10.2. The highest BCUT2D eigenvalue weighted by Crippen LogP contribution is 2.27. The van der Waals surface area contributed by atoms with Crippen LogP contribution in [-0.2, 0) is 11.2 Å². The molecule has 0 radical (unpaired) electrons. The number of hydrogen-bond acceptors (Lipinski definition) is 4. The Morgan fingerprint density at radius 1 is 1.25 bits per heavy atom. The zero-order valence-corrected chi connectivity index (χ0v) is 16.8. The molecule has 28 heavy (non-hydrogen) atoms. The Kier molecular flexibility index (Phi) is 5.32. The lowest BCUT2D eigenvalue weighted by Crippen LogP contribution is -2.16. The Morgan fingerprint density at radius 3 is 2.93 bits per heavy atom. The van der Waals surface area contributed by atoms with Crippen molar-refractivity contribution in [3.05, 3.63) is 70.8 Å². The normalized spacial score (nSPS) is 10.9. The molecule has 0 bridgehead atoms. The first-order valence-corrected chi connectivity index (χ1v) is 10.1. The van der Waals surface area contributed by atoms with Gasteiger partial charge >= 0.3 is 0 Å². The van der Waals surface area contributed by atoms with Gasteiger partial charge in [0, 0.05) is 27.9 Å². The van der Waals surface area contributed by atoms with Crippen LogP contribution in [0.1, 0.15) is 12.6 Å². The van der Waals surface area contributed by atoms with Gasteiger partial charge in [-0.15, -0.1) is 11.3 Å². The van der Waals surface area contributed by atoms with Crippen LogP contribution in [-0.4, -0.2) is 21.9 Å². The Bertz CT molecular complexity index is 1140. The third kappa shape index (κ3) is 3.88. The highest BCUT2D eigenvalue weighted by Gasteiger charge is 2.14. The number of rotatable bonds is 6. The molecule has 0 aliphatic heterocycles. The summed E-state index contributed by atoms with van der Waals surface area (Å²) in [5.74, 6) is 0.560. The van der Waals surface area contributed by atoms with Crippen LogP contribution in [0.4, 0.5) is 5.69 Å². The molecule has 2 heterocycles. The molecule has 0 aliphatic rings. The van der Waals surface area contributed by atoms with E-state index in [9.17, 15) is 4.79 Å². The summed E-state index contributed by atoms with van der Waals surface area (Å²) in [6.45, 7) is 2.45. The molecule has 4 aromatic rings. The van der Waals surface area contributed by atoms with Crippen LogP contribution in [0.3, 0.4) is 0 Å². The van der Waals surface area contributed by atoms with Crippen molar-refractivity contribution in [2.75, 3.05) is 11.9 Å². The lowest BCUT2D eigenvalue weighted by Gasteiger charge is -2.11. The molecule has 0 saturated heterocycles. The predicted molar refractivity (Wildman–Crippen MR) is 113 cm³/mol. The van der Waals surface area contributed by atoms with E-state index in [0.29, 0.717) is 23.1 Å². The summed E-state index contributed by atoms with van der Waals surface area (Å²) in [6, 6.07) is 15.0. The quantitative estimate of drug-likeness (QED) is 0.468. The zero-order valence-electron chi connectivity index (χ0n) is 15.2. The van der Waals surface area contributed by atoms with Gasteiger partial charge in [0.1, 0.15) is 5.75 Å². The van der Waals surface area contributed by atoms with Crippen LogP contribution in [0.15, 0.2) is 60.1 Å². The van der Waals surface area contributed by atoms with Gasteiger partial charge in [0.15, 0.2) is 4.96 Å². The van der Waals surface area contributed by atoms with Gasteiger partial charge in [-0.05, 0) is 31.2 Å². The molecule has 142 valence electrons. The number of fused-ring (bicyclic) bond motifs is 1. The summed E-state index contributed by atoms with van der Waals surface area (Å²) in [7, 11) is 0. The summed E-state index contributed by atoms with van der Waals surface area (Å²) in [4.78, 5) is 18.1. The van der Waals surface area contributed by atoms with Gasteiger partial charge in [-0.3, -0.25) is 9.20 Å². The molecule has 0 spiro atoms. The molecule has 0 unspecified atom stereocenters. The fourth-order valence-corrected chi connectivity index (χ4v) is 4.02. The first-order chi connectivity index (χ1) is 13.6. The molecule has 2 aromatic heterocycles. The number of ether oxygens (including phenoxy) is 1. The molecule has 1 amide bonds. The number of benzene rings is 2. The maximum Gasteiger partial charge on any atom is 0.230 e. The summed E-state index contributed by atoms with van der Waals surface area (Å²) in [5.41, 5.74) is 3.33. The van der Waals surface area contributed by atoms with E-state index >= 15 is 0 Å². The Balaban J connectivity index is 1.54. The van der Waals surface area contributed by atoms with E-state index in [1.807, 2.05) is 71.4 Å². The third-order valence-electron chi connectivity index (χ3n) is 4.21. The number of nitrogens with zero attached hydrogens (tertiary/aromatic N) is 2. The number of halogens is 1. The van der Waals surface area contributed by atoms with Gasteiger partial charge in [-0.1, -0.05) is 35.9 Å². The second-order valence-electron chi connectivity index (χ2n) is 6.17. The van der Waals surface area contributed by atoms with Crippen molar-refractivity contribution in [3.63, 3.8) is 0 Å². The Labute approximate surface area is 171 Å². The first-order valence-electron chi connectivity index (χ1n) is 8.87. The van der Waals surface area contributed by atoms with Gasteiger partial charge in [-0.2, -0.15) is 0 Å². The number of para-hydroxylation sites is 2. The number of carbonyl (C=O) groups is 1. The van der Waals surface area contributed by atoms with Crippen LogP contribution in [0, 0.1) is 0 Å². The second-order valence-corrected chi connectivity index (χ2v) is 7.44. The molecule has 0 fully saturated rings. The molecule has 1 N–H and O–H groups in total. The van der Waals surface area contributed by atoms with E-state index in [1.54, 1.807) is 0 Å². The van der Waals surface area contributed by atoms with Crippen LogP contribution < -0.4 is 10.1 Å². The number of anilines is 1. The topological polar surface area (TPSA) is 55.6 Å². The highest BCUT2D eigenvalue weighted by molar-refractivity contribution is 7.15. The van der Waals surface area contributed by atoms with Crippen molar-refractivity contribution < 1.29 is 9.53 Å². The van der Waals surface area contributed by atoms with Crippen molar-refractivity contribution in [2.24, 2.45) is 0 Å². The van der Waals surface area contributed by atoms with Gasteiger partial charge in [-0.25, -0.2) is 4.98 Å². The van der Waals surface area contributed by atoms with Crippen LogP contribution in [0.25, 0.3) is 16.2 Å². The van der Waals surface area contributed by atoms with Crippen molar-refractivity contribution in [2.45, 2.75) is 13.3 Å². The Hall–Kier alpha value is -2.83. The van der Waals surface area contributed by atoms with Gasteiger partial charge in [0.2, 0.25) is 5.91 Å². The lowest BCUT2D eigenvalue weighted by molar-refractivity contribution is -0.115. The number of carbonyl (C=O) groups excluding carboxylic acids is 1. The van der Waals surface area contributed by atoms with Crippen LogP contribution >= 0.6 is 22.9 Å². The highest BCUT2D eigenvalue weighted by atomic mass is 35.5. The largest absolute Gasteiger partial charge is 0.492 e. The van der Waals surface area contributed by atoms with E-state index < -0.39 is 0 Å². The molecule has 0 aliphatic carbocycles. The average molecular weight is 412 g/mol. The Morgan fingerprint density at radius 2 is 2.11 bits per heavy atom. The SMILES string of the molecule is CCOc1ccccc1NC(=O)Cc1csc2nc(-c3cccc(Cl)c3)cn12. The second kappa shape index (κ2) is 8.04. The molecule has 0 saturated carbocycles. The fourth-order valence-electron chi connectivity index (χ4n) is 2.95. The molecule has 2 aromatic carbocycles. The minimum Gasteiger partial charge on any atom is -0.492 e. The van der Waals surface area contributed by atoms with Crippen molar-refractivity contribution in [1.82, 2.24) is 9.38 Å². The van der Waals surface area contributed by atoms with Crippen LogP contribution in [0.5, 0.6) is 5.75 Å². The van der Waals surface area contributed by atoms with Gasteiger partial charge < -0.3 is 10.1 Å². The molecule has 4 rings (SSSR count). The summed E-state index contributed by atoms with van der Waals surface area (Å²) in [6.07, 6.45) is 2.18. The van der Waals surface area contributed by atoms with E-state index in [0.717, 1.165) is 21.9 Å². The van der Waals surface area contributed by atoms with Crippen molar-refractivity contribution in [1.29, 1.82) is 0 Å². The van der Waals surface area contributed by atoms with E-state index in [1.165, 1.54) is 11.3 Å². The number of hydrogen-bond donors (Lipinski definition) is 1. The van der Waals surface area contributed by atoms with E-state index in [4.69, 9.17) is 16.3 Å². The first kappa shape index (κ1) is 18.5. The maximum atomic E-state index is 12.6. The zero-order chi connectivity index (χ0) is 19.5. The number of nitrogens with one attached hydrogen (secondary N) is 1. The predicted octanol–water partition coefficient (Wildman–Crippen LogP) is 5.30. The fraction of sp³-hybridized carbons (Fsp3) is 0.143. The van der Waals surface area contributed by atoms with Crippen LogP contribution in [0.2, 0.25) is 5.02 Å². The summed E-state index contributed by atoms with van der Waals surface area (Å²) >= 11 is 7.59. The maximum absolute atomic E-state index is 12.6. The third-order valence-corrected chi connectivity index (χ3v) is 5.33. The van der Waals surface area contributed by atoms with Gasteiger partial charge in [0.25, 0.3) is 0 Å². The molecule has 7 heteroatoms. The van der Waals surface area contributed by atoms with Crippen molar-refractivity contribution in [3.8, 4) is 17.0 Å². The smallest absolute Gasteiger partial charge is 0.230 e. The number of thiazole rings is 1. The number of aromatic nitrogens is 2. The van der Waals surface area contributed by atoms with E-state index in [-0.39, 0.29) is 12.3 Å². The van der Waals surface area contributed by atoms with E-state index in [2.05, 4.69) is 10.3 Å². The number of imidazole rings is 1. The minimum atomic E-state index is -0.107. The molecular formula is C21H18ClN3O2S. The minimum absolute atomic E-state index is 0.107. The van der Waals surface area contributed by atoms with Gasteiger partial charge in [0.05, 0.1) is 24.4 Å². The monoisotopic (exact) mass is 411 g/mol. The summed E-state index contributed by atoms with van der Waals surface area (Å²) in [5, 5.41) is 5.56. The average Bonchev–Trinajstić information content (AvgIpc) is 3.26. The molecule has 0 atom stereocenters. The molecular weight excluding hydrogens is 394 g/mol. The van der Waals surface area contributed by atoms with Crippen molar-refractivity contribution >= 4 is 39.5 Å². The summed E-state index contributed by atoms with van der Waals surface area (Å²) < 4.78 is 7.52. The standard InChI is InChI=1S/C21H18ClN3O2S/c1-2-27-19-9-4-3-8-17(19)23-20(26)11-16-13-28-21-24-18(12-25(16)21)14-6-5-7-15(22)10-14/h3-10,12-13H,2,11H2,1H3,(H,23,26). The number of amides is 1. The molecule has 5 nitrogen and oxygen atoms in total.